The molecule has 1 unspecified atom stereocenters. The van der Waals surface area contributed by atoms with E-state index in [1.807, 2.05) is 6.92 Å². The van der Waals surface area contributed by atoms with Gasteiger partial charge in [-0.25, -0.2) is 13.4 Å². The number of aliphatic hydroxyl groups is 1. The quantitative estimate of drug-likeness (QED) is 0.421. The van der Waals surface area contributed by atoms with Gasteiger partial charge in [-0.15, -0.1) is 0 Å². The van der Waals surface area contributed by atoms with Gasteiger partial charge in [0.25, 0.3) is 0 Å². The molecule has 8 nitrogen and oxygen atoms in total. The van der Waals surface area contributed by atoms with Crippen LogP contribution in [-0.2, 0) is 10.0 Å². The van der Waals surface area contributed by atoms with E-state index in [-0.39, 0.29) is 6.04 Å². The third kappa shape index (κ3) is 6.82. The Bertz CT molecular complexity index is 960. The van der Waals surface area contributed by atoms with Crippen molar-refractivity contribution in [3.8, 4) is 0 Å². The van der Waals surface area contributed by atoms with Crippen LogP contribution in [0.25, 0.3) is 0 Å². The highest BCUT2D eigenvalue weighted by Crippen LogP contribution is 2.26. The van der Waals surface area contributed by atoms with E-state index < -0.39 is 26.3 Å². The van der Waals surface area contributed by atoms with Gasteiger partial charge in [0.05, 0.1) is 22.4 Å². The van der Waals surface area contributed by atoms with Gasteiger partial charge < -0.3 is 15.7 Å². The third-order valence-electron chi connectivity index (χ3n) is 3.80. The summed E-state index contributed by atoms with van der Waals surface area (Å²) in [6.07, 6.45) is 2.72. The van der Waals surface area contributed by atoms with Crippen LogP contribution >= 0.6 is 26.6 Å². The fourth-order valence-corrected chi connectivity index (χ4v) is 4.59. The smallest absolute Gasteiger partial charge is 0.229 e. The van der Waals surface area contributed by atoms with Crippen LogP contribution in [0.15, 0.2) is 39.8 Å². The number of halogens is 1. The Hall–Kier alpha value is -1.53. The molecule has 2 rings (SSSR count). The van der Waals surface area contributed by atoms with Gasteiger partial charge in [-0.2, -0.15) is 9.11 Å². The zero-order valence-electron chi connectivity index (χ0n) is 16.0. The summed E-state index contributed by atoms with van der Waals surface area (Å²) in [4.78, 5) is 9.43. The minimum Gasteiger partial charge on any atom is -0.388 e. The molecule has 154 valence electrons. The van der Waals surface area contributed by atoms with Crippen molar-refractivity contribution in [1.29, 1.82) is 0 Å². The van der Waals surface area contributed by atoms with Crippen LogP contribution in [0.5, 0.6) is 0 Å². The molecule has 1 aromatic heterocycles. The van der Waals surface area contributed by atoms with Crippen molar-refractivity contribution >= 4 is 59.9 Å². The van der Waals surface area contributed by atoms with Gasteiger partial charge in [0.2, 0.25) is 16.0 Å². The van der Waals surface area contributed by atoms with Gasteiger partial charge >= 0.3 is 0 Å². The lowest BCUT2D eigenvalue weighted by molar-refractivity contribution is 0.0647. The lowest BCUT2D eigenvalue weighted by Gasteiger charge is -2.27. The molecule has 4 N–H and O–H groups in total. The Morgan fingerprint density at radius 2 is 1.89 bits per heavy atom. The highest BCUT2D eigenvalue weighted by atomic mass is 79.9. The van der Waals surface area contributed by atoms with E-state index in [9.17, 15) is 13.5 Å². The lowest BCUT2D eigenvalue weighted by Crippen LogP contribution is -2.39. The van der Waals surface area contributed by atoms with E-state index in [1.165, 1.54) is 0 Å². The molecule has 1 heterocycles. The monoisotopic (exact) mass is 489 g/mol. The molecule has 1 aromatic carbocycles. The van der Waals surface area contributed by atoms with Crippen molar-refractivity contribution < 1.29 is 13.5 Å². The van der Waals surface area contributed by atoms with E-state index in [4.69, 9.17) is 0 Å². The first-order valence-electron chi connectivity index (χ1n) is 8.25. The molecule has 2 aromatic rings. The van der Waals surface area contributed by atoms with Crippen molar-refractivity contribution in [2.75, 3.05) is 16.9 Å². The standard InChI is InChI=1S/C17H24BrN5O3S2/c1-11(17(2,3)24)20-15-14(18)10-19-16(22-15)21-12-6-8-13(9-7-12)27(4)23-28(5,25)26/h6-11,23-24H,4H2,1-3,5H3,(H2,19,20,21,22)/t11-,27?/m1/s1. The number of benzene rings is 1. The van der Waals surface area contributed by atoms with Crippen LogP contribution in [0.2, 0.25) is 0 Å². The van der Waals surface area contributed by atoms with Crippen molar-refractivity contribution in [2.24, 2.45) is 0 Å². The second-order valence-corrected chi connectivity index (χ2v) is 11.1. The van der Waals surface area contributed by atoms with E-state index in [0.717, 1.165) is 16.8 Å². The second-order valence-electron chi connectivity index (χ2n) is 6.81. The number of rotatable bonds is 8. The van der Waals surface area contributed by atoms with Gasteiger partial charge in [-0.1, -0.05) is 16.5 Å². The molecular weight excluding hydrogens is 466 g/mol. The predicted octanol–water partition coefficient (Wildman–Crippen LogP) is 3.08. The molecule has 0 aliphatic heterocycles. The number of sulfonamides is 1. The minimum absolute atomic E-state index is 0.233. The molecule has 28 heavy (non-hydrogen) atoms. The highest BCUT2D eigenvalue weighted by molar-refractivity contribution is 9.10. The van der Waals surface area contributed by atoms with E-state index in [0.29, 0.717) is 16.2 Å². The Balaban J connectivity index is 2.13. The molecule has 0 aliphatic carbocycles. The molecule has 0 bridgehead atoms. The SMILES string of the molecule is C=S(NS(C)(=O)=O)c1ccc(Nc2ncc(Br)c(N[C@H](C)C(C)(C)O)n2)cc1. The maximum absolute atomic E-state index is 11.3. The molecule has 0 amide bonds. The molecule has 0 spiro atoms. The van der Waals surface area contributed by atoms with E-state index >= 15 is 0 Å². The maximum atomic E-state index is 11.3. The summed E-state index contributed by atoms with van der Waals surface area (Å²) in [5, 5.41) is 16.4. The summed E-state index contributed by atoms with van der Waals surface area (Å²) >= 11 is 3.40. The number of nitrogens with zero attached hydrogens (tertiary/aromatic N) is 2. The van der Waals surface area contributed by atoms with Crippen LogP contribution in [0, 0.1) is 0 Å². The Morgan fingerprint density at radius 3 is 2.43 bits per heavy atom. The molecule has 2 atom stereocenters. The normalized spacial score (nSPS) is 14.4. The topological polar surface area (TPSA) is 116 Å². The molecule has 0 radical (unpaired) electrons. The number of nitrogens with one attached hydrogen (secondary N) is 3. The van der Waals surface area contributed by atoms with Crippen molar-refractivity contribution in [1.82, 2.24) is 14.1 Å². The van der Waals surface area contributed by atoms with E-state index in [1.54, 1.807) is 44.3 Å². The van der Waals surface area contributed by atoms with Gasteiger partial charge in [0.15, 0.2) is 0 Å². The van der Waals surface area contributed by atoms with Crippen molar-refractivity contribution in [2.45, 2.75) is 37.3 Å². The van der Waals surface area contributed by atoms with Gasteiger partial charge in [0, 0.05) is 16.8 Å². The minimum atomic E-state index is -3.32. The summed E-state index contributed by atoms with van der Waals surface area (Å²) in [5.41, 5.74) is -0.178. The molecule has 11 heteroatoms. The molecule has 0 saturated heterocycles. The second kappa shape index (κ2) is 8.87. The zero-order chi connectivity index (χ0) is 21.1. The number of aromatic nitrogens is 2. The third-order valence-corrected chi connectivity index (χ3v) is 7.24. The number of hydrogen-bond donors (Lipinski definition) is 4. The first kappa shape index (κ1) is 22.8. The Labute approximate surface area is 176 Å². The first-order chi connectivity index (χ1) is 12.8. The lowest BCUT2D eigenvalue weighted by atomic mass is 10.0. The van der Waals surface area contributed by atoms with Crippen LogP contribution < -0.4 is 14.8 Å². The molecule has 0 fully saturated rings. The fraction of sp³-hybridized carbons (Fsp3) is 0.353. The van der Waals surface area contributed by atoms with Crippen molar-refractivity contribution in [3.63, 3.8) is 0 Å². The average molecular weight is 490 g/mol. The molecular formula is C17H24BrN5O3S2. The molecule has 0 saturated carbocycles. The van der Waals surface area contributed by atoms with Crippen LogP contribution in [0.1, 0.15) is 20.8 Å². The maximum Gasteiger partial charge on any atom is 0.229 e. The number of hydrogen-bond acceptors (Lipinski definition) is 7. The largest absolute Gasteiger partial charge is 0.388 e. The van der Waals surface area contributed by atoms with Crippen LogP contribution in [-0.4, -0.2) is 47.3 Å². The summed E-state index contributed by atoms with van der Waals surface area (Å²) in [6, 6.07) is 6.92. The Kier molecular flexibility index (Phi) is 7.21. The van der Waals surface area contributed by atoms with E-state index in [2.05, 4.69) is 46.5 Å². The Morgan fingerprint density at radius 1 is 1.29 bits per heavy atom. The van der Waals surface area contributed by atoms with Gasteiger partial charge in [-0.05, 0) is 61.0 Å². The summed E-state index contributed by atoms with van der Waals surface area (Å²) < 4.78 is 25.8. The molecule has 0 aliphatic rings. The number of anilines is 3. The van der Waals surface area contributed by atoms with Crippen LogP contribution in [0.3, 0.4) is 0 Å². The summed E-state index contributed by atoms with van der Waals surface area (Å²) in [5.74, 6) is 4.77. The summed E-state index contributed by atoms with van der Waals surface area (Å²) in [6.45, 7) is 5.30. The zero-order valence-corrected chi connectivity index (χ0v) is 19.2. The predicted molar refractivity (Wildman–Crippen MR) is 120 cm³/mol. The van der Waals surface area contributed by atoms with Gasteiger partial charge in [-0.3, -0.25) is 0 Å². The van der Waals surface area contributed by atoms with Gasteiger partial charge in [0.1, 0.15) is 5.82 Å². The first-order valence-corrected chi connectivity index (χ1v) is 12.3. The average Bonchev–Trinajstić information content (AvgIpc) is 2.56. The fourth-order valence-electron chi connectivity index (χ4n) is 1.97. The van der Waals surface area contributed by atoms with Crippen LogP contribution in [0.4, 0.5) is 17.5 Å². The summed E-state index contributed by atoms with van der Waals surface area (Å²) in [7, 11) is -4.19. The van der Waals surface area contributed by atoms with Crippen molar-refractivity contribution in [3.05, 3.63) is 34.9 Å². The highest BCUT2D eigenvalue weighted by Gasteiger charge is 2.23.